The van der Waals surface area contributed by atoms with Crippen molar-refractivity contribution in [2.45, 2.75) is 26.3 Å². The van der Waals surface area contributed by atoms with E-state index in [0.29, 0.717) is 13.1 Å². The highest BCUT2D eigenvalue weighted by molar-refractivity contribution is 5.76. The predicted molar refractivity (Wildman–Crippen MR) is 85.2 cm³/mol. The van der Waals surface area contributed by atoms with Gasteiger partial charge in [-0.05, 0) is 11.0 Å². The van der Waals surface area contributed by atoms with Gasteiger partial charge in [-0.1, -0.05) is 13.8 Å². The van der Waals surface area contributed by atoms with Crippen LogP contribution in [0.1, 0.15) is 25.3 Å². The van der Waals surface area contributed by atoms with Crippen molar-refractivity contribution < 1.29 is 9.72 Å². The predicted octanol–water partition coefficient (Wildman–Crippen LogP) is 1.18. The first-order valence-corrected chi connectivity index (χ1v) is 7.69. The van der Waals surface area contributed by atoms with Crippen LogP contribution in [0, 0.1) is 15.5 Å². The topological polar surface area (TPSA) is 99.1 Å². The molecule has 3 heterocycles. The SMILES string of the molecule is Cn1cc([C@H]2CN(C(=O)Cn3cc([N+](=O)[O-])cn3)CC2(C)C)cn1. The zero-order valence-corrected chi connectivity index (χ0v) is 13.9. The molecule has 9 heteroatoms. The van der Waals surface area contributed by atoms with Gasteiger partial charge in [0.05, 0.1) is 11.1 Å². The summed E-state index contributed by atoms with van der Waals surface area (Å²) in [6.45, 7) is 5.52. The molecule has 0 aliphatic carbocycles. The largest absolute Gasteiger partial charge is 0.340 e. The van der Waals surface area contributed by atoms with Gasteiger partial charge in [0, 0.05) is 32.3 Å². The number of nitro groups is 1. The van der Waals surface area contributed by atoms with E-state index in [1.165, 1.54) is 10.9 Å². The third kappa shape index (κ3) is 3.01. The smallest absolute Gasteiger partial charge is 0.307 e. The second kappa shape index (κ2) is 5.73. The van der Waals surface area contributed by atoms with Crippen LogP contribution in [-0.4, -0.2) is 48.4 Å². The lowest BCUT2D eigenvalue weighted by molar-refractivity contribution is -0.385. The minimum absolute atomic E-state index is 0.00365. The van der Waals surface area contributed by atoms with E-state index in [9.17, 15) is 14.9 Å². The van der Waals surface area contributed by atoms with Crippen molar-refractivity contribution in [1.82, 2.24) is 24.5 Å². The minimum atomic E-state index is -0.522. The highest BCUT2D eigenvalue weighted by Gasteiger charge is 2.42. The Bertz CT molecular complexity index is 778. The molecule has 9 nitrogen and oxygen atoms in total. The summed E-state index contributed by atoms with van der Waals surface area (Å²) in [5, 5.41) is 18.8. The molecule has 1 amide bonds. The molecule has 1 aliphatic rings. The maximum absolute atomic E-state index is 12.5. The second-order valence-corrected chi connectivity index (χ2v) is 6.92. The monoisotopic (exact) mass is 332 g/mol. The van der Waals surface area contributed by atoms with Crippen molar-refractivity contribution in [2.75, 3.05) is 13.1 Å². The number of likely N-dealkylation sites (tertiary alicyclic amines) is 1. The zero-order valence-electron chi connectivity index (χ0n) is 13.9. The van der Waals surface area contributed by atoms with E-state index in [-0.39, 0.29) is 29.5 Å². The fraction of sp³-hybridized carbons (Fsp3) is 0.533. The Morgan fingerprint density at radius 1 is 1.38 bits per heavy atom. The standard InChI is InChI=1S/C15H20N6O3/c1-15(2)10-19(8-13(15)11-4-16-18(3)6-11)14(22)9-20-7-12(5-17-20)21(23)24/h4-7,13H,8-10H2,1-3H3/t13-/m1/s1. The van der Waals surface area contributed by atoms with Gasteiger partial charge in [0.1, 0.15) is 18.9 Å². The fourth-order valence-corrected chi connectivity index (χ4v) is 3.27. The molecule has 24 heavy (non-hydrogen) atoms. The summed E-state index contributed by atoms with van der Waals surface area (Å²) in [6, 6.07) is 0. The Labute approximate surface area is 139 Å². The Morgan fingerprint density at radius 2 is 2.12 bits per heavy atom. The summed E-state index contributed by atoms with van der Waals surface area (Å²) >= 11 is 0. The van der Waals surface area contributed by atoms with Crippen molar-refractivity contribution in [3.63, 3.8) is 0 Å². The Morgan fingerprint density at radius 3 is 2.71 bits per heavy atom. The highest BCUT2D eigenvalue weighted by Crippen LogP contribution is 2.42. The lowest BCUT2D eigenvalue weighted by Crippen LogP contribution is -2.33. The normalized spacial score (nSPS) is 19.6. The molecule has 1 aliphatic heterocycles. The maximum Gasteiger partial charge on any atom is 0.307 e. The lowest BCUT2D eigenvalue weighted by atomic mass is 9.79. The number of hydrogen-bond donors (Lipinski definition) is 0. The van der Waals surface area contributed by atoms with Gasteiger partial charge in [0.15, 0.2) is 0 Å². The summed E-state index contributed by atoms with van der Waals surface area (Å²) in [7, 11) is 1.87. The molecule has 2 aromatic rings. The molecule has 3 rings (SSSR count). The molecule has 0 unspecified atom stereocenters. The van der Waals surface area contributed by atoms with Gasteiger partial charge in [-0.15, -0.1) is 0 Å². The van der Waals surface area contributed by atoms with Crippen molar-refractivity contribution in [3.8, 4) is 0 Å². The van der Waals surface area contributed by atoms with E-state index in [0.717, 1.165) is 11.8 Å². The van der Waals surface area contributed by atoms with Gasteiger partial charge < -0.3 is 4.90 Å². The van der Waals surface area contributed by atoms with Crippen LogP contribution < -0.4 is 0 Å². The lowest BCUT2D eigenvalue weighted by Gasteiger charge is -2.24. The van der Waals surface area contributed by atoms with Crippen LogP contribution in [0.2, 0.25) is 0 Å². The molecule has 0 N–H and O–H groups in total. The fourth-order valence-electron chi connectivity index (χ4n) is 3.27. The van der Waals surface area contributed by atoms with Gasteiger partial charge in [-0.3, -0.25) is 24.3 Å². The van der Waals surface area contributed by atoms with E-state index in [1.807, 2.05) is 19.4 Å². The van der Waals surface area contributed by atoms with E-state index in [4.69, 9.17) is 0 Å². The number of carbonyl (C=O) groups is 1. The van der Waals surface area contributed by atoms with Crippen LogP contribution in [0.3, 0.4) is 0 Å². The molecule has 0 bridgehead atoms. The summed E-state index contributed by atoms with van der Waals surface area (Å²) in [5.74, 6) is 0.120. The number of nitrogens with zero attached hydrogens (tertiary/aromatic N) is 6. The van der Waals surface area contributed by atoms with Crippen LogP contribution in [0.4, 0.5) is 5.69 Å². The molecule has 1 saturated heterocycles. The number of amides is 1. The number of carbonyl (C=O) groups excluding carboxylic acids is 1. The van der Waals surface area contributed by atoms with E-state index < -0.39 is 4.92 Å². The van der Waals surface area contributed by atoms with Crippen LogP contribution in [0.15, 0.2) is 24.8 Å². The molecule has 1 atom stereocenters. The Kier molecular flexibility index (Phi) is 3.86. The number of rotatable bonds is 4. The highest BCUT2D eigenvalue weighted by atomic mass is 16.6. The first kappa shape index (κ1) is 16.2. The van der Waals surface area contributed by atoms with Crippen LogP contribution in [0.5, 0.6) is 0 Å². The molecule has 128 valence electrons. The molecule has 0 aromatic carbocycles. The van der Waals surface area contributed by atoms with Gasteiger partial charge in [0.25, 0.3) is 0 Å². The second-order valence-electron chi connectivity index (χ2n) is 6.92. The Balaban J connectivity index is 1.71. The van der Waals surface area contributed by atoms with E-state index in [2.05, 4.69) is 24.0 Å². The summed E-state index contributed by atoms with van der Waals surface area (Å²) in [6.07, 6.45) is 6.26. The number of hydrogen-bond acceptors (Lipinski definition) is 5. The summed E-state index contributed by atoms with van der Waals surface area (Å²) in [4.78, 5) is 24.5. The van der Waals surface area contributed by atoms with Crippen LogP contribution in [-0.2, 0) is 18.4 Å². The molecular weight excluding hydrogens is 312 g/mol. The van der Waals surface area contributed by atoms with Crippen LogP contribution in [0.25, 0.3) is 0 Å². The Hall–Kier alpha value is -2.71. The average Bonchev–Trinajstić information content (AvgIpc) is 3.17. The van der Waals surface area contributed by atoms with Crippen LogP contribution >= 0.6 is 0 Å². The summed E-state index contributed by atoms with van der Waals surface area (Å²) in [5.41, 5.74) is 0.944. The number of aryl methyl sites for hydroxylation is 1. The van der Waals surface area contributed by atoms with Gasteiger partial charge in [-0.25, -0.2) is 0 Å². The average molecular weight is 332 g/mol. The van der Waals surface area contributed by atoms with E-state index in [1.54, 1.807) is 9.58 Å². The quantitative estimate of drug-likeness (QED) is 0.618. The molecule has 2 aromatic heterocycles. The van der Waals surface area contributed by atoms with Gasteiger partial charge in [0.2, 0.25) is 5.91 Å². The van der Waals surface area contributed by atoms with Gasteiger partial charge >= 0.3 is 5.69 Å². The van der Waals surface area contributed by atoms with Crippen molar-refractivity contribution >= 4 is 11.6 Å². The molecular formula is C15H20N6O3. The van der Waals surface area contributed by atoms with Gasteiger partial charge in [-0.2, -0.15) is 10.2 Å². The molecule has 0 saturated carbocycles. The minimum Gasteiger partial charge on any atom is -0.340 e. The zero-order chi connectivity index (χ0) is 17.5. The third-order valence-corrected chi connectivity index (χ3v) is 4.55. The van der Waals surface area contributed by atoms with Crippen molar-refractivity contribution in [2.24, 2.45) is 12.5 Å². The molecule has 1 fully saturated rings. The third-order valence-electron chi connectivity index (χ3n) is 4.55. The van der Waals surface area contributed by atoms with Crippen molar-refractivity contribution in [3.05, 3.63) is 40.5 Å². The first-order valence-electron chi connectivity index (χ1n) is 7.69. The first-order chi connectivity index (χ1) is 11.3. The molecule has 0 radical (unpaired) electrons. The summed E-state index contributed by atoms with van der Waals surface area (Å²) < 4.78 is 3.07. The van der Waals surface area contributed by atoms with E-state index >= 15 is 0 Å². The molecule has 0 spiro atoms. The number of aromatic nitrogens is 4. The van der Waals surface area contributed by atoms with Crippen molar-refractivity contribution in [1.29, 1.82) is 0 Å². The maximum atomic E-state index is 12.5.